The lowest BCUT2D eigenvalue weighted by Gasteiger charge is -2.09. The molecule has 0 radical (unpaired) electrons. The number of aromatic nitrogens is 1. The van der Waals surface area contributed by atoms with Crippen molar-refractivity contribution in [2.24, 2.45) is 5.73 Å². The van der Waals surface area contributed by atoms with Crippen LogP contribution < -0.4 is 5.73 Å². The minimum Gasteiger partial charge on any atom is -0.478 e. The van der Waals surface area contributed by atoms with E-state index in [0.29, 0.717) is 16.4 Å². The highest BCUT2D eigenvalue weighted by Crippen LogP contribution is 2.28. The third-order valence-corrected chi connectivity index (χ3v) is 3.19. The van der Waals surface area contributed by atoms with Crippen LogP contribution in [0.1, 0.15) is 20.7 Å². The lowest BCUT2D eigenvalue weighted by Crippen LogP contribution is -2.13. The number of pyridine rings is 1. The summed E-state index contributed by atoms with van der Waals surface area (Å²) in [4.78, 5) is 27.5. The largest absolute Gasteiger partial charge is 0.478 e. The van der Waals surface area contributed by atoms with Gasteiger partial charge in [-0.05, 0) is 18.2 Å². The average molecular weight is 266 g/mol. The van der Waals surface area contributed by atoms with Crippen molar-refractivity contribution in [3.8, 4) is 0 Å². The molecule has 3 aromatic rings. The number of carbonyl (C=O) groups excluding carboxylic acids is 1. The van der Waals surface area contributed by atoms with Crippen LogP contribution in [-0.2, 0) is 0 Å². The number of amides is 1. The lowest BCUT2D eigenvalue weighted by molar-refractivity contribution is 0.0701. The summed E-state index contributed by atoms with van der Waals surface area (Å²) in [5.74, 6) is -1.78. The van der Waals surface area contributed by atoms with Gasteiger partial charge in [0.05, 0.1) is 16.6 Å². The van der Waals surface area contributed by atoms with E-state index in [0.717, 1.165) is 0 Å². The quantitative estimate of drug-likeness (QED) is 0.695. The number of hydrogen-bond acceptors (Lipinski definition) is 3. The number of para-hydroxylation sites is 1. The number of primary amides is 1. The van der Waals surface area contributed by atoms with Gasteiger partial charge < -0.3 is 10.8 Å². The molecule has 5 nitrogen and oxygen atoms in total. The molecule has 0 bridgehead atoms. The Bertz CT molecular complexity index is 872. The smallest absolute Gasteiger partial charge is 0.337 e. The van der Waals surface area contributed by atoms with Crippen LogP contribution >= 0.6 is 0 Å². The number of rotatable bonds is 2. The van der Waals surface area contributed by atoms with Crippen molar-refractivity contribution in [2.45, 2.75) is 0 Å². The normalized spacial score (nSPS) is 10.8. The van der Waals surface area contributed by atoms with Crippen molar-refractivity contribution in [1.82, 2.24) is 4.98 Å². The number of carboxylic acid groups (broad SMARTS) is 1. The highest BCUT2D eigenvalue weighted by Gasteiger charge is 2.19. The van der Waals surface area contributed by atoms with Gasteiger partial charge in [-0.25, -0.2) is 9.78 Å². The Kier molecular flexibility index (Phi) is 2.61. The fourth-order valence-corrected chi connectivity index (χ4v) is 2.37. The maximum Gasteiger partial charge on any atom is 0.337 e. The predicted molar refractivity (Wildman–Crippen MR) is 74.7 cm³/mol. The van der Waals surface area contributed by atoms with E-state index in [1.165, 1.54) is 6.07 Å². The molecule has 3 rings (SSSR count). The van der Waals surface area contributed by atoms with Crippen LogP contribution in [0.4, 0.5) is 0 Å². The molecule has 0 aliphatic carbocycles. The van der Waals surface area contributed by atoms with Crippen molar-refractivity contribution >= 4 is 33.7 Å². The lowest BCUT2D eigenvalue weighted by atomic mass is 9.98. The van der Waals surface area contributed by atoms with Crippen molar-refractivity contribution in [3.63, 3.8) is 0 Å². The van der Waals surface area contributed by atoms with E-state index in [1.54, 1.807) is 36.4 Å². The molecule has 0 aliphatic rings. The van der Waals surface area contributed by atoms with Gasteiger partial charge in [0.1, 0.15) is 0 Å². The summed E-state index contributed by atoms with van der Waals surface area (Å²) in [5, 5.41) is 10.3. The molecule has 0 fully saturated rings. The van der Waals surface area contributed by atoms with Gasteiger partial charge in [-0.15, -0.1) is 0 Å². The number of aromatic carboxylic acids is 1. The minimum atomic E-state index is -1.11. The highest BCUT2D eigenvalue weighted by molar-refractivity contribution is 6.19. The van der Waals surface area contributed by atoms with E-state index in [-0.39, 0.29) is 16.5 Å². The van der Waals surface area contributed by atoms with Crippen LogP contribution in [-0.4, -0.2) is 22.0 Å². The minimum absolute atomic E-state index is 0.0556. The second-order valence-electron chi connectivity index (χ2n) is 4.37. The molecule has 98 valence electrons. The van der Waals surface area contributed by atoms with Gasteiger partial charge in [0.25, 0.3) is 0 Å². The molecule has 1 amide bonds. The first-order valence-corrected chi connectivity index (χ1v) is 5.94. The second kappa shape index (κ2) is 4.31. The van der Waals surface area contributed by atoms with Gasteiger partial charge in [0.2, 0.25) is 5.91 Å². The van der Waals surface area contributed by atoms with Gasteiger partial charge in [-0.2, -0.15) is 0 Å². The molecule has 0 aliphatic heterocycles. The first-order chi connectivity index (χ1) is 9.59. The topological polar surface area (TPSA) is 93.3 Å². The number of fused-ring (bicyclic) bond motifs is 2. The van der Waals surface area contributed by atoms with Gasteiger partial charge in [-0.3, -0.25) is 4.79 Å². The summed E-state index contributed by atoms with van der Waals surface area (Å²) in [6.45, 7) is 0. The van der Waals surface area contributed by atoms with Gasteiger partial charge >= 0.3 is 5.97 Å². The molecular weight excluding hydrogens is 256 g/mol. The number of carboxylic acids is 1. The van der Waals surface area contributed by atoms with Gasteiger partial charge in [0, 0.05) is 16.3 Å². The monoisotopic (exact) mass is 266 g/mol. The molecule has 3 N–H and O–H groups in total. The molecule has 1 heterocycles. The fourth-order valence-electron chi connectivity index (χ4n) is 2.37. The first kappa shape index (κ1) is 12.1. The van der Waals surface area contributed by atoms with E-state index in [9.17, 15) is 14.7 Å². The standard InChI is InChI=1S/C15H10N2O3/c16-14(18)9-5-3-7-11-12(9)13(15(19)20)8-4-1-2-6-10(8)17-11/h1-7H,(H2,16,18)(H,19,20). The molecule has 20 heavy (non-hydrogen) atoms. The summed E-state index contributed by atoms with van der Waals surface area (Å²) in [7, 11) is 0. The number of hydrogen-bond donors (Lipinski definition) is 2. The van der Waals surface area contributed by atoms with Crippen molar-refractivity contribution < 1.29 is 14.7 Å². The van der Waals surface area contributed by atoms with E-state index in [2.05, 4.69) is 4.98 Å². The zero-order valence-corrected chi connectivity index (χ0v) is 10.3. The number of nitrogens with zero attached hydrogens (tertiary/aromatic N) is 1. The summed E-state index contributed by atoms with van der Waals surface area (Å²) in [6.07, 6.45) is 0. The van der Waals surface area contributed by atoms with E-state index in [4.69, 9.17) is 5.73 Å². The third-order valence-electron chi connectivity index (χ3n) is 3.19. The maximum atomic E-state index is 11.6. The third kappa shape index (κ3) is 1.68. The molecular formula is C15H10N2O3. The molecule has 2 aromatic carbocycles. The van der Waals surface area contributed by atoms with E-state index < -0.39 is 11.9 Å². The Morgan fingerprint density at radius 2 is 1.70 bits per heavy atom. The number of carbonyl (C=O) groups is 2. The maximum absolute atomic E-state index is 11.6. The molecule has 0 saturated carbocycles. The Morgan fingerprint density at radius 3 is 2.40 bits per heavy atom. The molecule has 1 aromatic heterocycles. The Morgan fingerprint density at radius 1 is 1.00 bits per heavy atom. The van der Waals surface area contributed by atoms with E-state index in [1.807, 2.05) is 0 Å². The summed E-state index contributed by atoms with van der Waals surface area (Å²) in [6, 6.07) is 11.7. The fraction of sp³-hybridized carbons (Fsp3) is 0. The van der Waals surface area contributed by atoms with Crippen LogP contribution in [0.15, 0.2) is 42.5 Å². The summed E-state index contributed by atoms with van der Waals surface area (Å²) < 4.78 is 0. The summed E-state index contributed by atoms with van der Waals surface area (Å²) >= 11 is 0. The number of benzene rings is 2. The van der Waals surface area contributed by atoms with Gasteiger partial charge in [-0.1, -0.05) is 24.3 Å². The van der Waals surface area contributed by atoms with Crippen LogP contribution in [0.5, 0.6) is 0 Å². The molecule has 0 saturated heterocycles. The second-order valence-corrected chi connectivity index (χ2v) is 4.37. The Labute approximate surface area is 113 Å². The van der Waals surface area contributed by atoms with E-state index >= 15 is 0 Å². The van der Waals surface area contributed by atoms with Crippen LogP contribution in [0.3, 0.4) is 0 Å². The van der Waals surface area contributed by atoms with Crippen molar-refractivity contribution in [3.05, 3.63) is 53.6 Å². The number of nitrogens with two attached hydrogens (primary N) is 1. The summed E-state index contributed by atoms with van der Waals surface area (Å²) in [5.41, 5.74) is 6.56. The Balaban J connectivity index is 2.63. The van der Waals surface area contributed by atoms with Crippen molar-refractivity contribution in [1.29, 1.82) is 0 Å². The van der Waals surface area contributed by atoms with Gasteiger partial charge in [0.15, 0.2) is 0 Å². The van der Waals surface area contributed by atoms with Crippen LogP contribution in [0.25, 0.3) is 21.8 Å². The molecule has 5 heteroatoms. The van der Waals surface area contributed by atoms with Crippen molar-refractivity contribution in [2.75, 3.05) is 0 Å². The van der Waals surface area contributed by atoms with Crippen LogP contribution in [0, 0.1) is 0 Å². The molecule has 0 unspecified atom stereocenters. The Hall–Kier alpha value is -2.95. The molecule has 0 spiro atoms. The zero-order valence-electron chi connectivity index (χ0n) is 10.3. The van der Waals surface area contributed by atoms with Crippen LogP contribution in [0.2, 0.25) is 0 Å². The SMILES string of the molecule is NC(=O)c1cccc2nc3ccccc3c(C(=O)O)c12. The molecule has 0 atom stereocenters. The zero-order chi connectivity index (χ0) is 14.3. The highest BCUT2D eigenvalue weighted by atomic mass is 16.4. The average Bonchev–Trinajstić information content (AvgIpc) is 2.43. The predicted octanol–water partition coefficient (Wildman–Crippen LogP) is 2.19. The first-order valence-electron chi connectivity index (χ1n) is 5.94.